The van der Waals surface area contributed by atoms with Gasteiger partial charge in [-0.15, -0.1) is 0 Å². The summed E-state index contributed by atoms with van der Waals surface area (Å²) in [5.74, 6) is 0.826. The zero-order valence-electron chi connectivity index (χ0n) is 13.2. The summed E-state index contributed by atoms with van der Waals surface area (Å²) >= 11 is 0. The van der Waals surface area contributed by atoms with E-state index in [0.29, 0.717) is 24.8 Å². The monoisotopic (exact) mass is 304 g/mol. The zero-order chi connectivity index (χ0) is 15.4. The largest absolute Gasteiger partial charge is 0.491 e. The van der Waals surface area contributed by atoms with E-state index < -0.39 is 0 Å². The summed E-state index contributed by atoms with van der Waals surface area (Å²) in [4.78, 5) is 16.9. The third-order valence-corrected chi connectivity index (χ3v) is 4.44. The molecule has 5 heteroatoms. The summed E-state index contributed by atoms with van der Waals surface area (Å²) in [7, 11) is 1.64. The lowest BCUT2D eigenvalue weighted by Gasteiger charge is -2.44. The Hall–Kier alpha value is -1.59. The predicted octanol–water partition coefficient (Wildman–Crippen LogP) is 1.63. The van der Waals surface area contributed by atoms with Crippen LogP contribution in [0.5, 0.6) is 5.75 Å². The van der Waals surface area contributed by atoms with Crippen molar-refractivity contribution < 1.29 is 14.3 Å². The Labute approximate surface area is 131 Å². The smallest absolute Gasteiger partial charge is 0.254 e. The summed E-state index contributed by atoms with van der Waals surface area (Å²) in [5, 5.41) is 0. The van der Waals surface area contributed by atoms with Gasteiger partial charge in [0.15, 0.2) is 0 Å². The molecule has 0 spiro atoms. The van der Waals surface area contributed by atoms with Gasteiger partial charge in [-0.05, 0) is 44.1 Å². The van der Waals surface area contributed by atoms with Gasteiger partial charge in [0.1, 0.15) is 12.4 Å². The Morgan fingerprint density at radius 2 is 2.00 bits per heavy atom. The first-order valence-electron chi connectivity index (χ1n) is 8.03. The Morgan fingerprint density at radius 1 is 1.23 bits per heavy atom. The fraction of sp³-hybridized carbons (Fsp3) is 0.588. The first-order valence-corrected chi connectivity index (χ1v) is 8.03. The number of carbonyl (C=O) groups is 1. The molecule has 3 rings (SSSR count). The molecule has 2 saturated heterocycles. The van der Waals surface area contributed by atoms with Crippen molar-refractivity contribution >= 4 is 5.91 Å². The molecule has 1 aromatic carbocycles. The highest BCUT2D eigenvalue weighted by Crippen LogP contribution is 2.23. The maximum absolute atomic E-state index is 12.5. The number of hydrogen-bond donors (Lipinski definition) is 0. The van der Waals surface area contributed by atoms with Gasteiger partial charge in [-0.2, -0.15) is 0 Å². The topological polar surface area (TPSA) is 42.0 Å². The zero-order valence-corrected chi connectivity index (χ0v) is 13.2. The molecule has 1 aromatic rings. The molecule has 0 bridgehead atoms. The average molecular weight is 304 g/mol. The maximum Gasteiger partial charge on any atom is 0.254 e. The van der Waals surface area contributed by atoms with Crippen LogP contribution in [0.25, 0.3) is 0 Å². The van der Waals surface area contributed by atoms with E-state index in [0.717, 1.165) is 18.8 Å². The van der Waals surface area contributed by atoms with Crippen LogP contribution in [-0.2, 0) is 4.74 Å². The van der Waals surface area contributed by atoms with E-state index in [1.807, 2.05) is 29.2 Å². The molecular formula is C17H24N2O3. The average Bonchev–Trinajstić information content (AvgIpc) is 3.00. The van der Waals surface area contributed by atoms with Crippen molar-refractivity contribution in [3.63, 3.8) is 0 Å². The number of methoxy groups -OCH3 is 1. The molecule has 0 unspecified atom stereocenters. The minimum Gasteiger partial charge on any atom is -0.491 e. The van der Waals surface area contributed by atoms with E-state index in [2.05, 4.69) is 4.90 Å². The Morgan fingerprint density at radius 3 is 2.73 bits per heavy atom. The van der Waals surface area contributed by atoms with Crippen LogP contribution in [-0.4, -0.2) is 68.3 Å². The highest BCUT2D eigenvalue weighted by atomic mass is 16.5. The third kappa shape index (κ3) is 3.42. The fourth-order valence-corrected chi connectivity index (χ4v) is 3.10. The highest BCUT2D eigenvalue weighted by molar-refractivity contribution is 5.95. The van der Waals surface area contributed by atoms with Crippen LogP contribution in [0, 0.1) is 0 Å². The molecule has 22 heavy (non-hydrogen) atoms. The second-order valence-electron chi connectivity index (χ2n) is 5.98. The van der Waals surface area contributed by atoms with E-state index >= 15 is 0 Å². The molecular weight excluding hydrogens is 280 g/mol. The van der Waals surface area contributed by atoms with Crippen LogP contribution in [0.1, 0.15) is 23.2 Å². The van der Waals surface area contributed by atoms with Gasteiger partial charge in [0.2, 0.25) is 0 Å². The van der Waals surface area contributed by atoms with E-state index in [9.17, 15) is 4.79 Å². The van der Waals surface area contributed by atoms with Gasteiger partial charge in [-0.3, -0.25) is 9.69 Å². The van der Waals surface area contributed by atoms with Gasteiger partial charge in [-0.1, -0.05) is 6.07 Å². The van der Waals surface area contributed by atoms with Gasteiger partial charge < -0.3 is 14.4 Å². The standard InChI is InChI=1S/C17H24N2O3/c1-21-9-10-22-16-6-4-5-14(11-16)17(20)19-12-15(13-19)18-7-2-3-8-18/h4-6,11,15H,2-3,7-10,12-13H2,1H3. The fourth-order valence-electron chi connectivity index (χ4n) is 3.10. The van der Waals surface area contributed by atoms with E-state index in [1.165, 1.54) is 25.9 Å². The van der Waals surface area contributed by atoms with E-state index in [-0.39, 0.29) is 5.91 Å². The number of benzene rings is 1. The van der Waals surface area contributed by atoms with Gasteiger partial charge >= 0.3 is 0 Å². The maximum atomic E-state index is 12.5. The number of amides is 1. The molecule has 1 amide bonds. The van der Waals surface area contributed by atoms with Crippen LogP contribution in [0.2, 0.25) is 0 Å². The molecule has 0 aliphatic carbocycles. The van der Waals surface area contributed by atoms with Crippen molar-refractivity contribution in [3.8, 4) is 5.75 Å². The molecule has 0 aromatic heterocycles. The van der Waals surface area contributed by atoms with Crippen LogP contribution >= 0.6 is 0 Å². The van der Waals surface area contributed by atoms with Crippen LogP contribution in [0.15, 0.2) is 24.3 Å². The first-order chi connectivity index (χ1) is 10.8. The van der Waals surface area contributed by atoms with Crippen LogP contribution in [0.3, 0.4) is 0 Å². The van der Waals surface area contributed by atoms with Crippen molar-refractivity contribution in [2.24, 2.45) is 0 Å². The van der Waals surface area contributed by atoms with Crippen molar-refractivity contribution in [1.29, 1.82) is 0 Å². The summed E-state index contributed by atoms with van der Waals surface area (Å²) in [6.07, 6.45) is 2.59. The molecule has 0 N–H and O–H groups in total. The van der Waals surface area contributed by atoms with Gasteiger partial charge in [0.25, 0.3) is 5.91 Å². The Kier molecular flexibility index (Phi) is 4.95. The minimum atomic E-state index is 0.104. The van der Waals surface area contributed by atoms with Gasteiger partial charge in [0, 0.05) is 31.8 Å². The predicted molar refractivity (Wildman–Crippen MR) is 84.3 cm³/mol. The molecule has 0 radical (unpaired) electrons. The minimum absolute atomic E-state index is 0.104. The van der Waals surface area contributed by atoms with Crippen molar-refractivity contribution in [2.75, 3.05) is 46.5 Å². The lowest BCUT2D eigenvalue weighted by Crippen LogP contribution is -2.60. The SMILES string of the molecule is COCCOc1cccc(C(=O)N2CC(N3CCCC3)C2)c1. The number of ether oxygens (including phenoxy) is 2. The van der Waals surface area contributed by atoms with Crippen LogP contribution < -0.4 is 4.74 Å². The molecule has 5 nitrogen and oxygen atoms in total. The molecule has 2 aliphatic heterocycles. The quantitative estimate of drug-likeness (QED) is 0.749. The summed E-state index contributed by atoms with van der Waals surface area (Å²) in [6, 6.07) is 7.98. The number of carbonyl (C=O) groups excluding carboxylic acids is 1. The second-order valence-corrected chi connectivity index (χ2v) is 5.98. The highest BCUT2D eigenvalue weighted by Gasteiger charge is 2.35. The molecule has 2 aliphatic rings. The second kappa shape index (κ2) is 7.11. The summed E-state index contributed by atoms with van der Waals surface area (Å²) in [5.41, 5.74) is 0.704. The summed E-state index contributed by atoms with van der Waals surface area (Å²) in [6.45, 7) is 5.13. The van der Waals surface area contributed by atoms with E-state index in [1.54, 1.807) is 7.11 Å². The molecule has 2 fully saturated rings. The number of rotatable bonds is 6. The Balaban J connectivity index is 1.53. The lowest BCUT2D eigenvalue weighted by atomic mass is 10.1. The number of likely N-dealkylation sites (tertiary alicyclic amines) is 2. The Bertz CT molecular complexity index is 508. The van der Waals surface area contributed by atoms with Crippen molar-refractivity contribution in [1.82, 2.24) is 9.80 Å². The number of hydrogen-bond acceptors (Lipinski definition) is 4. The molecule has 0 atom stereocenters. The van der Waals surface area contributed by atoms with Crippen molar-refractivity contribution in [3.05, 3.63) is 29.8 Å². The third-order valence-electron chi connectivity index (χ3n) is 4.44. The van der Waals surface area contributed by atoms with E-state index in [4.69, 9.17) is 9.47 Å². The molecule has 120 valence electrons. The molecule has 2 heterocycles. The summed E-state index contributed by atoms with van der Waals surface area (Å²) < 4.78 is 10.5. The van der Waals surface area contributed by atoms with Gasteiger partial charge in [0.05, 0.1) is 6.61 Å². The normalized spacial score (nSPS) is 19.2. The molecule has 0 saturated carbocycles. The van der Waals surface area contributed by atoms with Crippen molar-refractivity contribution in [2.45, 2.75) is 18.9 Å². The van der Waals surface area contributed by atoms with Crippen LogP contribution in [0.4, 0.5) is 0 Å². The number of nitrogens with zero attached hydrogens (tertiary/aromatic N) is 2. The first kappa shape index (κ1) is 15.3. The van der Waals surface area contributed by atoms with Gasteiger partial charge in [-0.25, -0.2) is 0 Å². The lowest BCUT2D eigenvalue weighted by molar-refractivity contribution is 0.0334.